The number of anilines is 1. The molecule has 2 rings (SSSR count). The van der Waals surface area contributed by atoms with E-state index >= 15 is 0 Å². The minimum absolute atomic E-state index is 0.150. The van der Waals surface area contributed by atoms with Gasteiger partial charge in [-0.15, -0.1) is 0 Å². The fourth-order valence-corrected chi connectivity index (χ4v) is 3.42. The highest BCUT2D eigenvalue weighted by atomic mass is 32.2. The highest BCUT2D eigenvalue weighted by Crippen LogP contribution is 2.29. The van der Waals surface area contributed by atoms with Crippen molar-refractivity contribution in [2.24, 2.45) is 4.99 Å². The average molecular weight is 377 g/mol. The van der Waals surface area contributed by atoms with E-state index in [0.717, 1.165) is 11.1 Å². The van der Waals surface area contributed by atoms with E-state index in [9.17, 15) is 8.60 Å². The van der Waals surface area contributed by atoms with E-state index in [1.54, 1.807) is 13.1 Å². The van der Waals surface area contributed by atoms with Gasteiger partial charge in [0.1, 0.15) is 23.8 Å². The molecule has 2 aromatic rings. The van der Waals surface area contributed by atoms with Gasteiger partial charge in [0.2, 0.25) is 0 Å². The van der Waals surface area contributed by atoms with E-state index in [1.807, 2.05) is 41.5 Å². The smallest absolute Gasteiger partial charge is 0.142 e. The highest BCUT2D eigenvalue weighted by molar-refractivity contribution is 7.86. The van der Waals surface area contributed by atoms with E-state index in [-0.39, 0.29) is 4.90 Å². The van der Waals surface area contributed by atoms with Crippen molar-refractivity contribution in [3.05, 3.63) is 35.4 Å². The predicted octanol–water partition coefficient (Wildman–Crippen LogP) is 4.47. The summed E-state index contributed by atoms with van der Waals surface area (Å²) in [6.45, 7) is 11.4. The molecule has 5 nitrogen and oxygen atoms in total. The third-order valence-electron chi connectivity index (χ3n) is 4.01. The molecule has 26 heavy (non-hydrogen) atoms. The van der Waals surface area contributed by atoms with Gasteiger partial charge in [-0.1, -0.05) is 5.57 Å². The van der Waals surface area contributed by atoms with Crippen LogP contribution in [0, 0.1) is 5.82 Å². The van der Waals surface area contributed by atoms with Crippen molar-refractivity contribution in [1.29, 1.82) is 0 Å². The summed E-state index contributed by atoms with van der Waals surface area (Å²) in [7, 11) is 0.187. The second-order valence-corrected chi connectivity index (χ2v) is 9.43. The van der Waals surface area contributed by atoms with Crippen LogP contribution in [0.15, 0.2) is 39.5 Å². The number of allylic oxidation sites excluding steroid dienone is 1. The Bertz CT molecular complexity index is 925. The Hall–Kier alpha value is -2.15. The lowest BCUT2D eigenvalue weighted by Gasteiger charge is -2.19. The molecule has 7 heteroatoms. The molecule has 1 aromatic carbocycles. The number of amidine groups is 1. The van der Waals surface area contributed by atoms with Gasteiger partial charge in [0, 0.05) is 23.2 Å². The number of rotatable bonds is 3. The molecule has 1 unspecified atom stereocenters. The minimum atomic E-state index is -1.51. The van der Waals surface area contributed by atoms with Crippen molar-refractivity contribution in [3.63, 3.8) is 0 Å². The molecular weight excluding hydrogens is 351 g/mol. The quantitative estimate of drug-likeness (QED) is 0.634. The van der Waals surface area contributed by atoms with Crippen LogP contribution in [0.5, 0.6) is 0 Å². The molecule has 0 bridgehead atoms. The van der Waals surface area contributed by atoms with Gasteiger partial charge < -0.3 is 5.32 Å². The van der Waals surface area contributed by atoms with Gasteiger partial charge in [-0.2, -0.15) is 0 Å². The number of hydrogen-bond donors (Lipinski definition) is 1. The lowest BCUT2D eigenvalue weighted by molar-refractivity contribution is 0.589. The zero-order valence-corrected chi connectivity index (χ0v) is 17.1. The van der Waals surface area contributed by atoms with Gasteiger partial charge in [0.15, 0.2) is 0 Å². The molecule has 0 radical (unpaired) electrons. The molecule has 0 spiro atoms. The molecule has 0 aliphatic carbocycles. The Morgan fingerprint density at radius 2 is 1.85 bits per heavy atom. The van der Waals surface area contributed by atoms with Crippen LogP contribution in [0.25, 0.3) is 10.9 Å². The van der Waals surface area contributed by atoms with E-state index < -0.39 is 21.4 Å². The Kier molecular flexibility index (Phi) is 5.91. The summed E-state index contributed by atoms with van der Waals surface area (Å²) < 4.78 is 26.6. The maximum Gasteiger partial charge on any atom is 0.142 e. The third-order valence-corrected chi connectivity index (χ3v) is 5.84. The highest BCUT2D eigenvalue weighted by Gasteiger charge is 2.25. The van der Waals surface area contributed by atoms with Crippen molar-refractivity contribution in [2.45, 2.75) is 51.2 Å². The van der Waals surface area contributed by atoms with E-state index in [0.29, 0.717) is 22.6 Å². The summed E-state index contributed by atoms with van der Waals surface area (Å²) in [6, 6.07) is 2.87. The minimum Gasteiger partial charge on any atom is -0.324 e. The molecule has 0 aliphatic heterocycles. The van der Waals surface area contributed by atoms with E-state index in [2.05, 4.69) is 20.3 Å². The molecule has 0 saturated heterocycles. The molecule has 1 N–H and O–H groups in total. The van der Waals surface area contributed by atoms with Crippen LogP contribution < -0.4 is 5.32 Å². The Labute approximate surface area is 156 Å². The largest absolute Gasteiger partial charge is 0.324 e. The normalized spacial score (nSPS) is 13.6. The van der Waals surface area contributed by atoms with Crippen molar-refractivity contribution in [2.75, 3.05) is 12.4 Å². The molecule has 1 heterocycles. The fraction of sp³-hybridized carbons (Fsp3) is 0.421. The standard InChI is InChI=1S/C19H25FN4OS/c1-11(2)12(3)17(21-7)24-18-13-8-16(26(25)19(4,5)6)14(20)9-15(13)22-10-23-18/h8-10H,1-7H3,(H,21,22,23,24). The average Bonchev–Trinajstić information content (AvgIpc) is 2.56. The van der Waals surface area contributed by atoms with Gasteiger partial charge in [0.25, 0.3) is 0 Å². The van der Waals surface area contributed by atoms with Crippen LogP contribution in [-0.4, -0.2) is 31.8 Å². The van der Waals surface area contributed by atoms with Gasteiger partial charge >= 0.3 is 0 Å². The summed E-state index contributed by atoms with van der Waals surface area (Å²) in [4.78, 5) is 12.8. The van der Waals surface area contributed by atoms with Crippen LogP contribution >= 0.6 is 0 Å². The van der Waals surface area contributed by atoms with Crippen LogP contribution in [0.1, 0.15) is 41.5 Å². The molecule has 1 aromatic heterocycles. The number of aliphatic imine (C=N–C) groups is 1. The number of nitrogens with one attached hydrogen (secondary N) is 1. The number of nitrogens with zero attached hydrogens (tertiary/aromatic N) is 3. The predicted molar refractivity (Wildman–Crippen MR) is 107 cm³/mol. The first-order chi connectivity index (χ1) is 12.1. The van der Waals surface area contributed by atoms with E-state index in [4.69, 9.17) is 0 Å². The number of fused-ring (bicyclic) bond motifs is 1. The Morgan fingerprint density at radius 1 is 1.19 bits per heavy atom. The lowest BCUT2D eigenvalue weighted by Crippen LogP contribution is -2.22. The maximum absolute atomic E-state index is 14.5. The molecule has 1 atom stereocenters. The van der Waals surface area contributed by atoms with Gasteiger partial charge in [-0.25, -0.2) is 14.4 Å². The van der Waals surface area contributed by atoms with Crippen LogP contribution in [-0.2, 0) is 10.8 Å². The number of benzene rings is 1. The topological polar surface area (TPSA) is 67.2 Å². The zero-order chi connectivity index (χ0) is 19.6. The van der Waals surface area contributed by atoms with Crippen LogP contribution in [0.3, 0.4) is 0 Å². The van der Waals surface area contributed by atoms with Crippen molar-refractivity contribution < 1.29 is 8.60 Å². The summed E-state index contributed by atoms with van der Waals surface area (Å²) in [6.07, 6.45) is 1.37. The number of hydrogen-bond acceptors (Lipinski definition) is 4. The molecule has 140 valence electrons. The summed E-state index contributed by atoms with van der Waals surface area (Å²) in [5.74, 6) is 0.649. The molecule has 0 saturated carbocycles. The summed E-state index contributed by atoms with van der Waals surface area (Å²) in [5, 5.41) is 3.80. The molecule has 0 fully saturated rings. The number of halogens is 1. The van der Waals surface area contributed by atoms with E-state index in [1.165, 1.54) is 12.4 Å². The summed E-state index contributed by atoms with van der Waals surface area (Å²) in [5.41, 5.74) is 2.57. The SMILES string of the molecule is CN=C(Nc1ncnc2cc(F)c(S(=O)C(C)(C)C)cc12)C(C)=C(C)C. The monoisotopic (exact) mass is 376 g/mol. The van der Waals surface area contributed by atoms with Crippen LogP contribution in [0.4, 0.5) is 10.2 Å². The fourth-order valence-electron chi connectivity index (χ4n) is 2.30. The first kappa shape index (κ1) is 20.2. The first-order valence-electron chi connectivity index (χ1n) is 8.30. The second-order valence-electron chi connectivity index (χ2n) is 7.23. The summed E-state index contributed by atoms with van der Waals surface area (Å²) >= 11 is 0. The first-order valence-corrected chi connectivity index (χ1v) is 9.45. The zero-order valence-electron chi connectivity index (χ0n) is 16.3. The number of aromatic nitrogens is 2. The molecular formula is C19H25FN4OS. The Balaban J connectivity index is 2.62. The third kappa shape index (κ3) is 4.15. The lowest BCUT2D eigenvalue weighted by atomic mass is 10.1. The van der Waals surface area contributed by atoms with Crippen LogP contribution in [0.2, 0.25) is 0 Å². The van der Waals surface area contributed by atoms with Gasteiger partial charge in [0.05, 0.1) is 21.2 Å². The Morgan fingerprint density at radius 3 is 2.38 bits per heavy atom. The second kappa shape index (κ2) is 7.61. The van der Waals surface area contributed by atoms with Gasteiger partial charge in [-0.05, 0) is 53.2 Å². The van der Waals surface area contributed by atoms with Crippen molar-refractivity contribution in [1.82, 2.24) is 9.97 Å². The van der Waals surface area contributed by atoms with Gasteiger partial charge in [-0.3, -0.25) is 9.20 Å². The van der Waals surface area contributed by atoms with Crippen molar-refractivity contribution >= 4 is 33.4 Å². The molecule has 0 amide bonds. The van der Waals surface area contributed by atoms with Crippen molar-refractivity contribution in [3.8, 4) is 0 Å². The maximum atomic E-state index is 14.5. The molecule has 0 aliphatic rings.